The van der Waals surface area contributed by atoms with Crippen molar-refractivity contribution in [1.29, 1.82) is 0 Å². The van der Waals surface area contributed by atoms with Crippen LogP contribution in [0.25, 0.3) is 0 Å². The lowest BCUT2D eigenvalue weighted by Gasteiger charge is -2.40. The molecule has 1 saturated heterocycles. The Labute approximate surface area is 148 Å². The average molecular weight is 368 g/mol. The molecule has 1 aromatic carbocycles. The van der Waals surface area contributed by atoms with Gasteiger partial charge >= 0.3 is 0 Å². The van der Waals surface area contributed by atoms with Crippen molar-refractivity contribution in [3.63, 3.8) is 0 Å². The number of sulfonamides is 1. The van der Waals surface area contributed by atoms with Crippen LogP contribution in [0.2, 0.25) is 0 Å². The molecule has 0 saturated carbocycles. The molecular formula is C17H24N2O5S. The molecule has 2 heterocycles. The lowest BCUT2D eigenvalue weighted by atomic mass is 9.76. The fourth-order valence-electron chi connectivity index (χ4n) is 3.42. The van der Waals surface area contributed by atoms with E-state index in [0.29, 0.717) is 13.0 Å². The minimum atomic E-state index is -3.32. The predicted molar refractivity (Wildman–Crippen MR) is 93.0 cm³/mol. The zero-order chi connectivity index (χ0) is 18.1. The van der Waals surface area contributed by atoms with E-state index in [-0.39, 0.29) is 30.4 Å². The second-order valence-corrected chi connectivity index (χ2v) is 9.06. The minimum Gasteiger partial charge on any atom is -0.454 e. The number of carbonyl (C=O) groups is 1. The lowest BCUT2D eigenvalue weighted by molar-refractivity contribution is -0.136. The molecule has 25 heavy (non-hydrogen) atoms. The fraction of sp³-hybridized carbons (Fsp3) is 0.588. The Morgan fingerprint density at radius 1 is 1.28 bits per heavy atom. The Balaban J connectivity index is 1.67. The van der Waals surface area contributed by atoms with Crippen molar-refractivity contribution in [3.8, 4) is 11.5 Å². The Bertz CT molecular complexity index is 764. The molecule has 3 rings (SSSR count). The van der Waals surface area contributed by atoms with Gasteiger partial charge in [0.2, 0.25) is 22.7 Å². The van der Waals surface area contributed by atoms with Crippen LogP contribution < -0.4 is 14.2 Å². The largest absolute Gasteiger partial charge is 0.454 e. The molecule has 2 aliphatic rings. The van der Waals surface area contributed by atoms with E-state index in [0.717, 1.165) is 29.9 Å². The highest BCUT2D eigenvalue weighted by Gasteiger charge is 2.35. The van der Waals surface area contributed by atoms with E-state index in [9.17, 15) is 13.2 Å². The highest BCUT2D eigenvalue weighted by atomic mass is 32.2. The number of hydrogen-bond donors (Lipinski definition) is 1. The molecule has 0 aliphatic carbocycles. The number of amides is 1. The zero-order valence-corrected chi connectivity index (χ0v) is 15.4. The van der Waals surface area contributed by atoms with Gasteiger partial charge in [0.05, 0.1) is 5.75 Å². The van der Waals surface area contributed by atoms with Crippen LogP contribution in [0.4, 0.5) is 0 Å². The number of likely N-dealkylation sites (tertiary alicyclic amines) is 1. The smallest absolute Gasteiger partial charge is 0.231 e. The average Bonchev–Trinajstić information content (AvgIpc) is 3.03. The van der Waals surface area contributed by atoms with E-state index in [1.54, 1.807) is 4.90 Å². The molecule has 138 valence electrons. The van der Waals surface area contributed by atoms with Crippen molar-refractivity contribution >= 4 is 15.9 Å². The summed E-state index contributed by atoms with van der Waals surface area (Å²) in [4.78, 5) is 13.8. The molecule has 1 aromatic rings. The molecule has 0 spiro atoms. The van der Waals surface area contributed by atoms with Gasteiger partial charge in [-0.3, -0.25) is 4.79 Å². The number of nitrogens with zero attached hydrogens (tertiary/aromatic N) is 1. The summed E-state index contributed by atoms with van der Waals surface area (Å²) in [6.45, 7) is 3.17. The maximum atomic E-state index is 12.2. The highest BCUT2D eigenvalue weighted by molar-refractivity contribution is 7.89. The van der Waals surface area contributed by atoms with E-state index in [1.165, 1.54) is 7.05 Å². The lowest BCUT2D eigenvalue weighted by Crippen LogP contribution is -2.48. The van der Waals surface area contributed by atoms with Gasteiger partial charge in [-0.05, 0) is 43.0 Å². The normalized spacial score (nSPS) is 23.1. The number of rotatable bonds is 6. The molecular weight excluding hydrogens is 344 g/mol. The number of carbonyl (C=O) groups excluding carboxylic acids is 1. The Morgan fingerprint density at radius 3 is 2.80 bits per heavy atom. The van der Waals surface area contributed by atoms with Crippen molar-refractivity contribution in [3.05, 3.63) is 23.8 Å². The van der Waals surface area contributed by atoms with Crippen LogP contribution in [-0.4, -0.2) is 51.9 Å². The quantitative estimate of drug-likeness (QED) is 0.814. The van der Waals surface area contributed by atoms with E-state index in [1.807, 2.05) is 18.2 Å². The number of piperidine rings is 1. The summed E-state index contributed by atoms with van der Waals surface area (Å²) in [5.74, 6) is 1.46. The molecule has 0 radical (unpaired) electrons. The van der Waals surface area contributed by atoms with Crippen molar-refractivity contribution in [2.75, 3.05) is 32.7 Å². The standard InChI is InChI=1S/C17H24N2O5S/c1-17(10-13-3-4-14-15(9-13)24-12-23-14)6-5-16(20)19(11-17)7-8-25(21,22)18-2/h3-4,9,18H,5-8,10-12H2,1-2H3. The molecule has 0 bridgehead atoms. The summed E-state index contributed by atoms with van der Waals surface area (Å²) >= 11 is 0. The number of nitrogens with one attached hydrogen (secondary N) is 1. The van der Waals surface area contributed by atoms with Crippen molar-refractivity contribution in [2.24, 2.45) is 5.41 Å². The molecule has 7 nitrogen and oxygen atoms in total. The van der Waals surface area contributed by atoms with Crippen LogP contribution in [0, 0.1) is 5.41 Å². The van der Waals surface area contributed by atoms with Crippen molar-refractivity contribution in [1.82, 2.24) is 9.62 Å². The van der Waals surface area contributed by atoms with E-state index < -0.39 is 10.0 Å². The summed E-state index contributed by atoms with van der Waals surface area (Å²) in [7, 11) is -1.93. The first-order valence-corrected chi connectivity index (χ1v) is 10.0. The Kier molecular flexibility index (Phi) is 4.92. The minimum absolute atomic E-state index is 0.0227. The van der Waals surface area contributed by atoms with Crippen LogP contribution in [0.15, 0.2) is 18.2 Å². The first kappa shape index (κ1) is 18.0. The number of fused-ring (bicyclic) bond motifs is 1. The van der Waals surface area contributed by atoms with Gasteiger partial charge in [-0.25, -0.2) is 13.1 Å². The monoisotopic (exact) mass is 368 g/mol. The van der Waals surface area contributed by atoms with Gasteiger partial charge in [0.25, 0.3) is 0 Å². The SMILES string of the molecule is CNS(=O)(=O)CCN1CC(C)(Cc2ccc3c(c2)OCO3)CCC1=O. The van der Waals surface area contributed by atoms with Gasteiger partial charge in [0.15, 0.2) is 11.5 Å². The first-order valence-electron chi connectivity index (χ1n) is 8.38. The van der Waals surface area contributed by atoms with Crippen LogP contribution in [0.1, 0.15) is 25.3 Å². The first-order chi connectivity index (χ1) is 11.8. The summed E-state index contributed by atoms with van der Waals surface area (Å²) in [5, 5.41) is 0. The zero-order valence-electron chi connectivity index (χ0n) is 14.6. The van der Waals surface area contributed by atoms with Gasteiger partial charge in [-0.1, -0.05) is 13.0 Å². The molecule has 1 fully saturated rings. The summed E-state index contributed by atoms with van der Waals surface area (Å²) in [5.41, 5.74) is 1.04. The summed E-state index contributed by atoms with van der Waals surface area (Å²) < 4.78 is 36.3. The van der Waals surface area contributed by atoms with Crippen molar-refractivity contribution < 1.29 is 22.7 Å². The molecule has 1 amide bonds. The second-order valence-electron chi connectivity index (χ2n) is 7.01. The summed E-state index contributed by atoms with van der Waals surface area (Å²) in [6.07, 6.45) is 2.03. The third-order valence-electron chi connectivity index (χ3n) is 4.88. The van der Waals surface area contributed by atoms with Gasteiger partial charge in [0.1, 0.15) is 0 Å². The maximum absolute atomic E-state index is 12.2. The second kappa shape index (κ2) is 6.84. The maximum Gasteiger partial charge on any atom is 0.231 e. The van der Waals surface area contributed by atoms with E-state index in [2.05, 4.69) is 11.6 Å². The van der Waals surface area contributed by atoms with Gasteiger partial charge in [-0.15, -0.1) is 0 Å². The van der Waals surface area contributed by atoms with Crippen LogP contribution in [0.5, 0.6) is 11.5 Å². The molecule has 1 unspecified atom stereocenters. The van der Waals surface area contributed by atoms with Crippen molar-refractivity contribution in [2.45, 2.75) is 26.2 Å². The van der Waals surface area contributed by atoms with Gasteiger partial charge in [-0.2, -0.15) is 0 Å². The third kappa shape index (κ3) is 4.24. The third-order valence-corrected chi connectivity index (χ3v) is 6.22. The van der Waals surface area contributed by atoms with Crippen LogP contribution in [-0.2, 0) is 21.2 Å². The van der Waals surface area contributed by atoms with Crippen LogP contribution in [0.3, 0.4) is 0 Å². The Hall–Kier alpha value is -1.80. The number of benzene rings is 1. The molecule has 0 aromatic heterocycles. The van der Waals surface area contributed by atoms with Gasteiger partial charge < -0.3 is 14.4 Å². The molecule has 1 atom stereocenters. The highest BCUT2D eigenvalue weighted by Crippen LogP contribution is 2.37. The summed E-state index contributed by atoms with van der Waals surface area (Å²) in [6, 6.07) is 5.91. The number of hydrogen-bond acceptors (Lipinski definition) is 5. The topological polar surface area (TPSA) is 84.9 Å². The number of ether oxygens (including phenoxy) is 2. The Morgan fingerprint density at radius 2 is 2.04 bits per heavy atom. The van der Waals surface area contributed by atoms with E-state index in [4.69, 9.17) is 9.47 Å². The molecule has 2 aliphatic heterocycles. The van der Waals surface area contributed by atoms with Crippen LogP contribution >= 0.6 is 0 Å². The fourth-order valence-corrected chi connectivity index (χ4v) is 4.08. The molecule has 1 N–H and O–H groups in total. The van der Waals surface area contributed by atoms with E-state index >= 15 is 0 Å². The molecule has 8 heteroatoms. The predicted octanol–water partition coefficient (Wildman–Crippen LogP) is 1.14. The van der Waals surface area contributed by atoms with Gasteiger partial charge in [0, 0.05) is 19.5 Å².